The number of nitrogens with zero attached hydrogens (tertiary/aromatic N) is 4. The summed E-state index contributed by atoms with van der Waals surface area (Å²) in [7, 11) is 0. The summed E-state index contributed by atoms with van der Waals surface area (Å²) < 4.78 is 12.7. The first-order valence-electron chi connectivity index (χ1n) is 7.21. The van der Waals surface area contributed by atoms with Gasteiger partial charge in [-0.1, -0.05) is 0 Å². The molecule has 1 aliphatic rings. The quantitative estimate of drug-likeness (QED) is 0.843. The Morgan fingerprint density at radius 3 is 2.45 bits per heavy atom. The number of alkyl halides is 1. The maximum Gasteiger partial charge on any atom is 0.181 e. The van der Waals surface area contributed by atoms with Crippen LogP contribution in [-0.4, -0.2) is 26.6 Å². The number of aryl methyl sites for hydroxylation is 2. The van der Waals surface area contributed by atoms with Gasteiger partial charge in [0.15, 0.2) is 5.65 Å². The summed E-state index contributed by atoms with van der Waals surface area (Å²) in [5, 5.41) is 0. The predicted molar refractivity (Wildman–Crippen MR) is 75.3 cm³/mol. The van der Waals surface area contributed by atoms with E-state index in [0.29, 0.717) is 11.6 Å². The summed E-state index contributed by atoms with van der Waals surface area (Å²) in [6.45, 7) is 3.70. The average molecular weight is 274 g/mol. The van der Waals surface area contributed by atoms with Crippen molar-refractivity contribution in [3.05, 3.63) is 23.4 Å². The predicted octanol–water partition coefficient (Wildman–Crippen LogP) is 3.28. The molecule has 0 bridgehead atoms. The van der Waals surface area contributed by atoms with Crippen LogP contribution >= 0.6 is 0 Å². The van der Waals surface area contributed by atoms with E-state index in [1.165, 1.54) is 0 Å². The van der Waals surface area contributed by atoms with Gasteiger partial charge in [0.2, 0.25) is 0 Å². The van der Waals surface area contributed by atoms with Crippen molar-refractivity contribution in [3.8, 4) is 0 Å². The van der Waals surface area contributed by atoms with Gasteiger partial charge in [-0.15, -0.1) is 0 Å². The molecule has 106 valence electrons. The van der Waals surface area contributed by atoms with Crippen LogP contribution in [0.15, 0.2) is 6.33 Å². The molecule has 0 aliphatic heterocycles. The maximum absolute atomic E-state index is 12.7. The molecule has 0 saturated heterocycles. The van der Waals surface area contributed by atoms with Crippen molar-refractivity contribution in [1.29, 1.82) is 0 Å². The van der Waals surface area contributed by atoms with Crippen LogP contribution in [-0.2, 0) is 0 Å². The molecular formula is C15H19FN4. The van der Waals surface area contributed by atoms with E-state index in [1.54, 1.807) is 6.33 Å². The van der Waals surface area contributed by atoms with Crippen LogP contribution in [0.3, 0.4) is 0 Å². The molecule has 1 saturated carbocycles. The zero-order valence-corrected chi connectivity index (χ0v) is 11.9. The van der Waals surface area contributed by atoms with Gasteiger partial charge in [0.1, 0.15) is 11.8 Å². The summed E-state index contributed by atoms with van der Waals surface area (Å²) in [4.78, 5) is 17.8. The second kappa shape index (κ2) is 5.38. The van der Waals surface area contributed by atoms with E-state index in [1.807, 2.05) is 13.8 Å². The molecule has 20 heavy (non-hydrogen) atoms. The molecule has 2 aromatic heterocycles. The first-order chi connectivity index (χ1) is 9.69. The number of hydrogen-bond donors (Lipinski definition) is 0. The first-order valence-corrected chi connectivity index (χ1v) is 7.21. The lowest BCUT2D eigenvalue weighted by molar-refractivity contribution is 0.262. The normalized spacial score (nSPS) is 23.1. The van der Waals surface area contributed by atoms with Crippen molar-refractivity contribution in [3.63, 3.8) is 0 Å². The standard InChI is InChI=1S/C15H19FN4/c1-9-10(2)20-15-14(19-9)13(17-8-18-15)12-5-3-11(7-16)4-6-12/h8,11-12H,3-7H2,1-2H3. The van der Waals surface area contributed by atoms with Gasteiger partial charge in [0.25, 0.3) is 0 Å². The van der Waals surface area contributed by atoms with Gasteiger partial charge >= 0.3 is 0 Å². The molecule has 0 unspecified atom stereocenters. The fraction of sp³-hybridized carbons (Fsp3) is 0.600. The highest BCUT2D eigenvalue weighted by molar-refractivity contribution is 5.73. The van der Waals surface area contributed by atoms with Crippen molar-refractivity contribution in [2.45, 2.75) is 45.4 Å². The molecule has 2 heterocycles. The Morgan fingerprint density at radius 1 is 1.05 bits per heavy atom. The lowest BCUT2D eigenvalue weighted by Gasteiger charge is -2.26. The highest BCUT2D eigenvalue weighted by atomic mass is 19.1. The third-order valence-electron chi connectivity index (χ3n) is 4.36. The van der Waals surface area contributed by atoms with Crippen LogP contribution in [0.5, 0.6) is 0 Å². The monoisotopic (exact) mass is 274 g/mol. The molecule has 4 nitrogen and oxygen atoms in total. The number of aromatic nitrogens is 4. The topological polar surface area (TPSA) is 51.6 Å². The summed E-state index contributed by atoms with van der Waals surface area (Å²) >= 11 is 0. The van der Waals surface area contributed by atoms with E-state index in [0.717, 1.165) is 48.3 Å². The van der Waals surface area contributed by atoms with Crippen LogP contribution in [0, 0.1) is 19.8 Å². The van der Waals surface area contributed by atoms with Crippen molar-refractivity contribution in [2.24, 2.45) is 5.92 Å². The first kappa shape index (κ1) is 13.3. The molecule has 0 spiro atoms. The number of halogens is 1. The Balaban J connectivity index is 1.97. The highest BCUT2D eigenvalue weighted by Crippen LogP contribution is 2.36. The molecule has 0 amide bonds. The summed E-state index contributed by atoms with van der Waals surface area (Å²) in [6.07, 6.45) is 5.41. The molecular weight excluding hydrogens is 255 g/mol. The minimum absolute atomic E-state index is 0.199. The summed E-state index contributed by atoms with van der Waals surface area (Å²) in [6, 6.07) is 0. The van der Waals surface area contributed by atoms with Crippen LogP contribution in [0.25, 0.3) is 11.2 Å². The van der Waals surface area contributed by atoms with Crippen LogP contribution in [0.1, 0.15) is 48.7 Å². The van der Waals surface area contributed by atoms with Gasteiger partial charge in [0, 0.05) is 5.92 Å². The van der Waals surface area contributed by atoms with Crippen molar-refractivity contribution < 1.29 is 4.39 Å². The van der Waals surface area contributed by atoms with E-state index >= 15 is 0 Å². The summed E-state index contributed by atoms with van der Waals surface area (Å²) in [5.74, 6) is 0.592. The van der Waals surface area contributed by atoms with Gasteiger partial charge in [-0.25, -0.2) is 19.9 Å². The Kier molecular flexibility index (Phi) is 3.59. The zero-order valence-electron chi connectivity index (χ0n) is 11.9. The average Bonchev–Trinajstić information content (AvgIpc) is 2.48. The van der Waals surface area contributed by atoms with Gasteiger partial charge in [-0.3, -0.25) is 4.39 Å². The van der Waals surface area contributed by atoms with Gasteiger partial charge in [-0.05, 0) is 45.4 Å². The lowest BCUT2D eigenvalue weighted by Crippen LogP contribution is -2.16. The zero-order chi connectivity index (χ0) is 14.1. The third-order valence-corrected chi connectivity index (χ3v) is 4.36. The van der Waals surface area contributed by atoms with Crippen molar-refractivity contribution in [2.75, 3.05) is 6.67 Å². The second-order valence-electron chi connectivity index (χ2n) is 5.70. The van der Waals surface area contributed by atoms with Gasteiger partial charge in [-0.2, -0.15) is 0 Å². The van der Waals surface area contributed by atoms with Crippen molar-refractivity contribution >= 4 is 11.2 Å². The molecule has 1 aliphatic carbocycles. The van der Waals surface area contributed by atoms with Crippen LogP contribution in [0.2, 0.25) is 0 Å². The van der Waals surface area contributed by atoms with Gasteiger partial charge < -0.3 is 0 Å². The third kappa shape index (κ3) is 2.37. The fourth-order valence-corrected chi connectivity index (χ4v) is 2.95. The molecule has 0 radical (unpaired) electrons. The van der Waals surface area contributed by atoms with E-state index in [2.05, 4.69) is 19.9 Å². The molecule has 0 aromatic carbocycles. The number of hydrogen-bond acceptors (Lipinski definition) is 4. The Labute approximate surface area is 117 Å². The minimum atomic E-state index is -0.199. The van der Waals surface area contributed by atoms with Crippen LogP contribution < -0.4 is 0 Å². The Morgan fingerprint density at radius 2 is 1.75 bits per heavy atom. The van der Waals surface area contributed by atoms with E-state index in [4.69, 9.17) is 0 Å². The smallest absolute Gasteiger partial charge is 0.181 e. The molecule has 5 heteroatoms. The van der Waals surface area contributed by atoms with E-state index < -0.39 is 0 Å². The number of rotatable bonds is 2. The van der Waals surface area contributed by atoms with E-state index in [9.17, 15) is 4.39 Å². The minimum Gasteiger partial charge on any atom is -0.251 e. The lowest BCUT2D eigenvalue weighted by atomic mass is 9.81. The van der Waals surface area contributed by atoms with Crippen molar-refractivity contribution in [1.82, 2.24) is 19.9 Å². The molecule has 3 rings (SSSR count). The SMILES string of the molecule is Cc1nc2ncnc(C3CCC(CF)CC3)c2nc1C. The molecule has 0 N–H and O–H groups in total. The summed E-state index contributed by atoms with van der Waals surface area (Å²) in [5.41, 5.74) is 4.31. The second-order valence-corrected chi connectivity index (χ2v) is 5.70. The fourth-order valence-electron chi connectivity index (χ4n) is 2.95. The van der Waals surface area contributed by atoms with Crippen LogP contribution in [0.4, 0.5) is 4.39 Å². The Bertz CT molecular complexity index is 621. The van der Waals surface area contributed by atoms with Gasteiger partial charge in [0.05, 0.1) is 23.8 Å². The molecule has 1 fully saturated rings. The molecule has 2 aromatic rings. The Hall–Kier alpha value is -1.65. The number of fused-ring (bicyclic) bond motifs is 1. The molecule has 0 atom stereocenters. The van der Waals surface area contributed by atoms with E-state index in [-0.39, 0.29) is 12.6 Å². The largest absolute Gasteiger partial charge is 0.251 e. The highest BCUT2D eigenvalue weighted by Gasteiger charge is 2.25. The maximum atomic E-state index is 12.7.